The van der Waals surface area contributed by atoms with E-state index in [0.717, 1.165) is 25.2 Å². The Bertz CT molecular complexity index is 864. The van der Waals surface area contributed by atoms with Crippen LogP contribution in [0.1, 0.15) is 23.4 Å². The molecule has 1 aliphatic rings. The molecule has 0 radical (unpaired) electrons. The molecule has 1 aromatic heterocycles. The molecule has 0 amide bonds. The smallest absolute Gasteiger partial charge is 0.241 e. The van der Waals surface area contributed by atoms with Gasteiger partial charge in [-0.05, 0) is 30.9 Å². The van der Waals surface area contributed by atoms with Gasteiger partial charge in [-0.15, -0.1) is 0 Å². The van der Waals surface area contributed by atoms with Gasteiger partial charge in [-0.2, -0.15) is 5.26 Å². The van der Waals surface area contributed by atoms with Crippen LogP contribution in [0, 0.1) is 24.2 Å². The summed E-state index contributed by atoms with van der Waals surface area (Å²) in [5.74, 6) is 1.21. The Labute approximate surface area is 135 Å². The van der Waals surface area contributed by atoms with Crippen LogP contribution in [0.4, 0.5) is 0 Å². The normalized spacial score (nSPS) is 17.5. The summed E-state index contributed by atoms with van der Waals surface area (Å²) in [6.07, 6.45) is 5.38. The molecule has 1 aromatic carbocycles. The average molecular weight is 330 g/mol. The van der Waals surface area contributed by atoms with Crippen molar-refractivity contribution < 1.29 is 8.42 Å². The highest BCUT2D eigenvalue weighted by atomic mass is 32.2. The SMILES string of the molecule is Cc1cccc(S(=O)(=O)NC[C@@H]2CCn3ccnc3C2)c1C#N. The van der Waals surface area contributed by atoms with E-state index in [1.807, 2.05) is 12.3 Å². The summed E-state index contributed by atoms with van der Waals surface area (Å²) in [4.78, 5) is 4.34. The number of nitrogens with one attached hydrogen (secondary N) is 1. The van der Waals surface area contributed by atoms with Crippen molar-refractivity contribution in [3.05, 3.63) is 47.5 Å². The lowest BCUT2D eigenvalue weighted by atomic mass is 9.98. The molecule has 0 fully saturated rings. The fraction of sp³-hybridized carbons (Fsp3) is 0.375. The fourth-order valence-corrected chi connectivity index (χ4v) is 4.25. The summed E-state index contributed by atoms with van der Waals surface area (Å²) in [6.45, 7) is 2.95. The first-order valence-corrected chi connectivity index (χ1v) is 8.99. The van der Waals surface area contributed by atoms with E-state index < -0.39 is 10.0 Å². The molecule has 1 atom stereocenters. The van der Waals surface area contributed by atoms with Gasteiger partial charge in [0.15, 0.2) is 0 Å². The minimum atomic E-state index is -3.69. The minimum absolute atomic E-state index is 0.0531. The van der Waals surface area contributed by atoms with Gasteiger partial charge in [0.05, 0.1) is 10.5 Å². The Morgan fingerprint density at radius 3 is 3.09 bits per heavy atom. The van der Waals surface area contributed by atoms with E-state index in [4.69, 9.17) is 0 Å². The maximum atomic E-state index is 12.5. The molecular formula is C16H18N4O2S. The molecule has 0 saturated heterocycles. The number of hydrogen-bond donors (Lipinski definition) is 1. The second-order valence-corrected chi connectivity index (χ2v) is 7.54. The molecule has 120 valence electrons. The summed E-state index contributed by atoms with van der Waals surface area (Å²) < 4.78 is 29.8. The highest BCUT2D eigenvalue weighted by Gasteiger charge is 2.24. The summed E-state index contributed by atoms with van der Waals surface area (Å²) in [6, 6.07) is 6.85. The Hall–Kier alpha value is -2.17. The lowest BCUT2D eigenvalue weighted by Crippen LogP contribution is -2.33. The molecule has 6 nitrogen and oxygen atoms in total. The van der Waals surface area contributed by atoms with Gasteiger partial charge >= 0.3 is 0 Å². The number of aryl methyl sites for hydroxylation is 2. The Balaban J connectivity index is 1.73. The van der Waals surface area contributed by atoms with Crippen molar-refractivity contribution in [2.45, 2.75) is 31.2 Å². The summed E-state index contributed by atoms with van der Waals surface area (Å²) in [5, 5.41) is 9.21. The van der Waals surface area contributed by atoms with Gasteiger partial charge in [0.1, 0.15) is 11.9 Å². The molecule has 3 rings (SSSR count). The van der Waals surface area contributed by atoms with Crippen LogP contribution in [-0.4, -0.2) is 24.5 Å². The zero-order chi connectivity index (χ0) is 16.4. The number of fused-ring (bicyclic) bond motifs is 1. The van der Waals surface area contributed by atoms with Gasteiger partial charge in [0.2, 0.25) is 10.0 Å². The lowest BCUT2D eigenvalue weighted by Gasteiger charge is -2.23. The number of hydrogen-bond acceptors (Lipinski definition) is 4. The summed E-state index contributed by atoms with van der Waals surface area (Å²) in [7, 11) is -3.69. The molecule has 2 heterocycles. The van der Waals surface area contributed by atoms with Crippen molar-refractivity contribution >= 4 is 10.0 Å². The Kier molecular flexibility index (Phi) is 4.20. The van der Waals surface area contributed by atoms with Crippen LogP contribution < -0.4 is 4.72 Å². The first-order valence-electron chi connectivity index (χ1n) is 7.50. The van der Waals surface area contributed by atoms with Crippen LogP contribution in [0.2, 0.25) is 0 Å². The zero-order valence-electron chi connectivity index (χ0n) is 12.9. The van der Waals surface area contributed by atoms with Gasteiger partial charge < -0.3 is 4.57 Å². The second-order valence-electron chi connectivity index (χ2n) is 5.81. The number of aromatic nitrogens is 2. The fourth-order valence-electron chi connectivity index (χ4n) is 2.90. The molecule has 0 aliphatic carbocycles. The van der Waals surface area contributed by atoms with E-state index in [9.17, 15) is 13.7 Å². The molecule has 0 saturated carbocycles. The van der Waals surface area contributed by atoms with E-state index in [1.165, 1.54) is 6.07 Å². The molecule has 7 heteroatoms. The molecule has 0 unspecified atom stereocenters. The number of imidazole rings is 1. The standard InChI is InChI=1S/C16H18N4O2S/c1-12-3-2-4-15(14(12)10-17)23(21,22)19-11-13-5-7-20-8-6-18-16(20)9-13/h2-4,6,8,13,19H,5,7,9,11H2,1H3/t13-/m1/s1. The van der Waals surface area contributed by atoms with E-state index in [-0.39, 0.29) is 16.4 Å². The number of sulfonamides is 1. The van der Waals surface area contributed by atoms with Crippen molar-refractivity contribution in [3.63, 3.8) is 0 Å². The number of nitrogens with zero attached hydrogens (tertiary/aromatic N) is 3. The largest absolute Gasteiger partial charge is 0.335 e. The quantitative estimate of drug-likeness (QED) is 0.922. The monoisotopic (exact) mass is 330 g/mol. The molecule has 0 spiro atoms. The van der Waals surface area contributed by atoms with Crippen LogP contribution >= 0.6 is 0 Å². The van der Waals surface area contributed by atoms with Crippen LogP contribution in [-0.2, 0) is 23.0 Å². The van der Waals surface area contributed by atoms with E-state index >= 15 is 0 Å². The van der Waals surface area contributed by atoms with Gasteiger partial charge in [-0.3, -0.25) is 0 Å². The zero-order valence-corrected chi connectivity index (χ0v) is 13.7. The van der Waals surface area contributed by atoms with Crippen LogP contribution in [0.15, 0.2) is 35.5 Å². The third kappa shape index (κ3) is 3.14. The second kappa shape index (κ2) is 6.14. The number of benzene rings is 1. The molecule has 1 N–H and O–H groups in total. The van der Waals surface area contributed by atoms with Crippen molar-refractivity contribution in [1.82, 2.24) is 14.3 Å². The van der Waals surface area contributed by atoms with E-state index in [2.05, 4.69) is 14.3 Å². The van der Waals surface area contributed by atoms with Crippen LogP contribution in [0.25, 0.3) is 0 Å². The third-order valence-electron chi connectivity index (χ3n) is 4.25. The maximum Gasteiger partial charge on any atom is 0.241 e. The topological polar surface area (TPSA) is 87.8 Å². The highest BCUT2D eigenvalue weighted by molar-refractivity contribution is 7.89. The van der Waals surface area contributed by atoms with Gasteiger partial charge in [-0.25, -0.2) is 18.1 Å². The van der Waals surface area contributed by atoms with E-state index in [1.54, 1.807) is 25.3 Å². The van der Waals surface area contributed by atoms with Crippen molar-refractivity contribution in [3.8, 4) is 6.07 Å². The number of nitriles is 1. The minimum Gasteiger partial charge on any atom is -0.335 e. The average Bonchev–Trinajstić information content (AvgIpc) is 3.00. The first-order chi connectivity index (χ1) is 11.0. The Morgan fingerprint density at radius 1 is 1.48 bits per heavy atom. The molecular weight excluding hydrogens is 312 g/mol. The predicted molar refractivity (Wildman–Crippen MR) is 85.1 cm³/mol. The van der Waals surface area contributed by atoms with Crippen molar-refractivity contribution in [1.29, 1.82) is 5.26 Å². The molecule has 23 heavy (non-hydrogen) atoms. The van der Waals surface area contributed by atoms with Gasteiger partial charge in [0, 0.05) is 31.9 Å². The summed E-state index contributed by atoms with van der Waals surface area (Å²) >= 11 is 0. The number of rotatable bonds is 4. The van der Waals surface area contributed by atoms with E-state index in [0.29, 0.717) is 12.1 Å². The van der Waals surface area contributed by atoms with Gasteiger partial charge in [0.25, 0.3) is 0 Å². The van der Waals surface area contributed by atoms with Crippen LogP contribution in [0.5, 0.6) is 0 Å². The van der Waals surface area contributed by atoms with Crippen molar-refractivity contribution in [2.75, 3.05) is 6.54 Å². The molecule has 0 bridgehead atoms. The van der Waals surface area contributed by atoms with Crippen LogP contribution in [0.3, 0.4) is 0 Å². The Morgan fingerprint density at radius 2 is 2.30 bits per heavy atom. The predicted octanol–water partition coefficient (Wildman–Crippen LogP) is 1.60. The molecule has 2 aromatic rings. The first kappa shape index (κ1) is 15.7. The third-order valence-corrected chi connectivity index (χ3v) is 5.72. The lowest BCUT2D eigenvalue weighted by molar-refractivity contribution is 0.379. The van der Waals surface area contributed by atoms with Crippen molar-refractivity contribution in [2.24, 2.45) is 5.92 Å². The van der Waals surface area contributed by atoms with Gasteiger partial charge in [-0.1, -0.05) is 12.1 Å². The molecule has 1 aliphatic heterocycles. The highest BCUT2D eigenvalue weighted by Crippen LogP contribution is 2.21. The summed E-state index contributed by atoms with van der Waals surface area (Å²) in [5.41, 5.74) is 0.870. The maximum absolute atomic E-state index is 12.5.